The molecule has 32 heavy (non-hydrogen) atoms. The van der Waals surface area contributed by atoms with Gasteiger partial charge in [-0.25, -0.2) is 9.78 Å². The van der Waals surface area contributed by atoms with Gasteiger partial charge in [0.1, 0.15) is 23.6 Å². The van der Waals surface area contributed by atoms with Gasteiger partial charge in [-0.05, 0) is 32.0 Å². The lowest BCUT2D eigenvalue weighted by Gasteiger charge is -2.15. The highest BCUT2D eigenvalue weighted by Crippen LogP contribution is 2.35. The molecule has 1 aliphatic heterocycles. The molecule has 0 bridgehead atoms. The fourth-order valence-corrected chi connectivity index (χ4v) is 3.63. The highest BCUT2D eigenvalue weighted by molar-refractivity contribution is 7.14. The number of carbonyl (C=O) groups excluding carboxylic acids is 4. The largest absolute Gasteiger partial charge is 0.497 e. The van der Waals surface area contributed by atoms with Gasteiger partial charge >= 0.3 is 12.0 Å². The lowest BCUT2D eigenvalue weighted by molar-refractivity contribution is -0.150. The van der Waals surface area contributed by atoms with Crippen LogP contribution in [0.2, 0.25) is 0 Å². The highest BCUT2D eigenvalue weighted by Gasteiger charge is 2.45. The highest BCUT2D eigenvalue weighted by atomic mass is 32.1. The van der Waals surface area contributed by atoms with E-state index in [4.69, 9.17) is 14.2 Å². The van der Waals surface area contributed by atoms with E-state index >= 15 is 0 Å². The fraction of sp³-hybridized carbons (Fsp3) is 0.350. The average molecular weight is 462 g/mol. The Bertz CT molecular complexity index is 1070. The maximum Gasteiger partial charge on any atom is 0.326 e. The van der Waals surface area contributed by atoms with Crippen molar-refractivity contribution in [2.75, 3.05) is 32.7 Å². The minimum Gasteiger partial charge on any atom is -0.497 e. The molecule has 1 saturated heterocycles. The van der Waals surface area contributed by atoms with Crippen molar-refractivity contribution >= 4 is 40.3 Å². The first-order chi connectivity index (χ1) is 15.1. The number of rotatable bonds is 8. The molecule has 0 atom stereocenters. The predicted molar refractivity (Wildman–Crippen MR) is 115 cm³/mol. The van der Waals surface area contributed by atoms with Crippen molar-refractivity contribution in [1.29, 1.82) is 0 Å². The predicted octanol–water partition coefficient (Wildman–Crippen LogP) is 1.64. The van der Waals surface area contributed by atoms with Gasteiger partial charge in [-0.2, -0.15) is 0 Å². The van der Waals surface area contributed by atoms with Gasteiger partial charge in [0.25, 0.3) is 11.8 Å². The Balaban J connectivity index is 1.55. The summed E-state index contributed by atoms with van der Waals surface area (Å²) in [6, 6.07) is 4.58. The van der Waals surface area contributed by atoms with Crippen LogP contribution in [-0.4, -0.2) is 66.6 Å². The Hall–Kier alpha value is -3.67. The number of hydrogen-bond acceptors (Lipinski definition) is 9. The summed E-state index contributed by atoms with van der Waals surface area (Å²) < 4.78 is 15.4. The lowest BCUT2D eigenvalue weighted by atomic mass is 10.1. The van der Waals surface area contributed by atoms with Crippen molar-refractivity contribution in [3.63, 3.8) is 0 Å². The van der Waals surface area contributed by atoms with E-state index in [2.05, 4.69) is 15.6 Å². The van der Waals surface area contributed by atoms with E-state index in [0.717, 1.165) is 4.90 Å². The molecule has 2 heterocycles. The van der Waals surface area contributed by atoms with Crippen molar-refractivity contribution in [2.45, 2.75) is 19.4 Å². The minimum atomic E-state index is -1.09. The van der Waals surface area contributed by atoms with Crippen LogP contribution in [0.5, 0.6) is 11.5 Å². The summed E-state index contributed by atoms with van der Waals surface area (Å²) in [6.45, 7) is 1.87. The summed E-state index contributed by atoms with van der Waals surface area (Å²) in [5, 5.41) is 7.02. The van der Waals surface area contributed by atoms with Gasteiger partial charge in [0.05, 0.1) is 19.9 Å². The number of esters is 1. The molecule has 0 unspecified atom stereocenters. The maximum atomic E-state index is 12.1. The normalized spacial score (nSPS) is 14.7. The van der Waals surface area contributed by atoms with Crippen LogP contribution in [0.1, 0.15) is 13.8 Å². The second-order valence-electron chi connectivity index (χ2n) is 7.26. The summed E-state index contributed by atoms with van der Waals surface area (Å²) in [5.74, 6) is -0.838. The van der Waals surface area contributed by atoms with E-state index in [1.807, 2.05) is 0 Å². The van der Waals surface area contributed by atoms with Gasteiger partial charge in [0, 0.05) is 10.9 Å². The standard InChI is InChI=1S/C20H22N4O7S/c1-20(2)17(27)24(19(28)23-20)8-16(26)31-9-15(25)22-18-21-13(10-32-18)12-7-11(29-3)5-6-14(12)30-4/h5-7,10H,8-9H2,1-4H3,(H,23,28)(H,21,22,25). The third-order valence-corrected chi connectivity index (χ3v) is 5.29. The monoisotopic (exact) mass is 462 g/mol. The van der Waals surface area contributed by atoms with Gasteiger partial charge in [0.2, 0.25) is 0 Å². The van der Waals surface area contributed by atoms with E-state index < -0.39 is 42.5 Å². The topological polar surface area (TPSA) is 136 Å². The third kappa shape index (κ3) is 4.97. The minimum absolute atomic E-state index is 0.293. The molecule has 1 aromatic heterocycles. The quantitative estimate of drug-likeness (QED) is 0.446. The van der Waals surface area contributed by atoms with Gasteiger partial charge < -0.3 is 19.5 Å². The number of carbonyl (C=O) groups is 4. The van der Waals surface area contributed by atoms with E-state index in [1.165, 1.54) is 32.3 Å². The van der Waals surface area contributed by atoms with Crippen LogP contribution in [0.4, 0.5) is 9.93 Å². The fourth-order valence-electron chi connectivity index (χ4n) is 2.91. The number of aromatic nitrogens is 1. The number of amides is 4. The zero-order valence-corrected chi connectivity index (χ0v) is 18.7. The van der Waals surface area contributed by atoms with Crippen molar-refractivity contribution in [2.24, 2.45) is 0 Å². The zero-order valence-electron chi connectivity index (χ0n) is 17.9. The summed E-state index contributed by atoms with van der Waals surface area (Å²) in [7, 11) is 3.08. The van der Waals surface area contributed by atoms with Crippen LogP contribution in [0.3, 0.4) is 0 Å². The van der Waals surface area contributed by atoms with Crippen molar-refractivity contribution in [3.8, 4) is 22.8 Å². The summed E-state index contributed by atoms with van der Waals surface area (Å²) in [4.78, 5) is 53.1. The first-order valence-electron chi connectivity index (χ1n) is 9.42. The Morgan fingerprint density at radius 3 is 2.59 bits per heavy atom. The number of thiazole rings is 1. The Morgan fingerprint density at radius 1 is 1.22 bits per heavy atom. The maximum absolute atomic E-state index is 12.1. The van der Waals surface area contributed by atoms with E-state index in [-0.39, 0.29) is 0 Å². The zero-order chi connectivity index (χ0) is 23.5. The molecule has 0 aliphatic carbocycles. The Morgan fingerprint density at radius 2 is 1.97 bits per heavy atom. The van der Waals surface area contributed by atoms with E-state index in [0.29, 0.717) is 27.9 Å². The molecule has 12 heteroatoms. The number of hydrogen-bond donors (Lipinski definition) is 2. The first kappa shape index (κ1) is 23.0. The molecule has 1 fully saturated rings. The van der Waals surface area contributed by atoms with Gasteiger partial charge in [-0.1, -0.05) is 0 Å². The molecule has 1 aromatic carbocycles. The van der Waals surface area contributed by atoms with Crippen LogP contribution < -0.4 is 20.1 Å². The molecule has 2 aromatic rings. The molecule has 2 N–H and O–H groups in total. The number of urea groups is 1. The van der Waals surface area contributed by atoms with Crippen LogP contribution in [0.15, 0.2) is 23.6 Å². The molecular weight excluding hydrogens is 440 g/mol. The van der Waals surface area contributed by atoms with Gasteiger partial charge in [0.15, 0.2) is 11.7 Å². The summed E-state index contributed by atoms with van der Waals surface area (Å²) in [6.07, 6.45) is 0. The third-order valence-electron chi connectivity index (χ3n) is 4.53. The van der Waals surface area contributed by atoms with Crippen LogP contribution in [0, 0.1) is 0 Å². The Labute approximate surface area is 187 Å². The molecular formula is C20H22N4O7S. The number of nitrogens with zero attached hydrogens (tertiary/aromatic N) is 2. The number of anilines is 1. The lowest BCUT2D eigenvalue weighted by Crippen LogP contribution is -2.41. The summed E-state index contributed by atoms with van der Waals surface area (Å²) in [5.41, 5.74) is 0.161. The van der Waals surface area contributed by atoms with Crippen molar-refractivity contribution in [3.05, 3.63) is 23.6 Å². The number of imide groups is 1. The molecule has 0 spiro atoms. The van der Waals surface area contributed by atoms with Gasteiger partial charge in [-0.3, -0.25) is 24.6 Å². The van der Waals surface area contributed by atoms with Gasteiger partial charge in [-0.15, -0.1) is 11.3 Å². The molecule has 4 amide bonds. The molecule has 3 rings (SSSR count). The van der Waals surface area contributed by atoms with E-state index in [1.54, 1.807) is 30.7 Å². The van der Waals surface area contributed by atoms with Crippen LogP contribution in [-0.2, 0) is 19.1 Å². The molecule has 11 nitrogen and oxygen atoms in total. The number of methoxy groups -OCH3 is 2. The number of benzene rings is 1. The molecule has 1 aliphatic rings. The van der Waals surface area contributed by atoms with Crippen LogP contribution >= 0.6 is 11.3 Å². The molecule has 170 valence electrons. The number of nitrogens with one attached hydrogen (secondary N) is 2. The Kier molecular flexibility index (Phi) is 6.63. The first-order valence-corrected chi connectivity index (χ1v) is 10.3. The second kappa shape index (κ2) is 9.22. The van der Waals surface area contributed by atoms with Crippen molar-refractivity contribution in [1.82, 2.24) is 15.2 Å². The smallest absolute Gasteiger partial charge is 0.326 e. The van der Waals surface area contributed by atoms with Crippen molar-refractivity contribution < 1.29 is 33.4 Å². The molecule has 0 saturated carbocycles. The average Bonchev–Trinajstić information content (AvgIpc) is 3.29. The number of ether oxygens (including phenoxy) is 3. The molecule has 0 radical (unpaired) electrons. The summed E-state index contributed by atoms with van der Waals surface area (Å²) >= 11 is 1.18. The second-order valence-corrected chi connectivity index (χ2v) is 8.12. The SMILES string of the molecule is COc1ccc(OC)c(-c2csc(NC(=O)COC(=O)CN3C(=O)NC(C)(C)C3=O)n2)c1. The van der Waals surface area contributed by atoms with E-state index in [9.17, 15) is 19.2 Å². The van der Waals surface area contributed by atoms with Crippen LogP contribution in [0.25, 0.3) is 11.3 Å².